The number of esters is 1. The molecule has 0 saturated heterocycles. The van der Waals surface area contributed by atoms with Gasteiger partial charge >= 0.3 is 35.5 Å². The van der Waals surface area contributed by atoms with Crippen LogP contribution in [-0.2, 0) is 9.53 Å². The molecule has 0 aromatic carbocycles. The van der Waals surface area contributed by atoms with Gasteiger partial charge in [0.1, 0.15) is 6.10 Å². The first-order chi connectivity index (χ1) is 6.50. The van der Waals surface area contributed by atoms with Crippen LogP contribution < -0.4 is 29.6 Å². The molecule has 1 aliphatic carbocycles. The molecule has 0 aromatic heterocycles. The summed E-state index contributed by atoms with van der Waals surface area (Å²) in [6.45, 7) is 8.19. The van der Waals surface area contributed by atoms with E-state index in [1.54, 1.807) is 0 Å². The number of carbonyl (C=O) groups excluding carboxylic acids is 1. The topological polar surface area (TPSA) is 26.3 Å². The van der Waals surface area contributed by atoms with Crippen molar-refractivity contribution in [3.05, 3.63) is 0 Å². The molecule has 82 valence electrons. The maximum Gasteiger partial charge on any atom is 1.00 e. The molecular weight excluding hydrogens is 199 g/mol. The summed E-state index contributed by atoms with van der Waals surface area (Å²) >= 11 is 0. The van der Waals surface area contributed by atoms with Crippen LogP contribution in [-0.4, -0.2) is 12.1 Å². The number of ether oxygens (including phenoxy) is 1. The summed E-state index contributed by atoms with van der Waals surface area (Å²) in [6, 6.07) is 0. The SMILES string of the molecule is CC(=O)OC1CC(C)CCC1C(C)C.[Na+]. The van der Waals surface area contributed by atoms with E-state index >= 15 is 0 Å². The minimum Gasteiger partial charge on any atom is -0.462 e. The van der Waals surface area contributed by atoms with Crippen molar-refractivity contribution in [2.75, 3.05) is 0 Å². The minimum absolute atomic E-state index is 0. The Bertz CT molecular complexity index is 204. The Kier molecular flexibility index (Phi) is 7.14. The minimum atomic E-state index is -0.130. The van der Waals surface area contributed by atoms with Crippen molar-refractivity contribution >= 4 is 5.97 Å². The second-order valence-corrected chi connectivity index (χ2v) is 4.97. The summed E-state index contributed by atoms with van der Waals surface area (Å²) in [5.74, 6) is 1.76. The van der Waals surface area contributed by atoms with Crippen LogP contribution in [0.3, 0.4) is 0 Å². The molecule has 1 aliphatic rings. The summed E-state index contributed by atoms with van der Waals surface area (Å²) < 4.78 is 5.40. The van der Waals surface area contributed by atoms with Crippen LogP contribution in [0.25, 0.3) is 0 Å². The number of hydrogen-bond acceptors (Lipinski definition) is 2. The zero-order valence-corrected chi connectivity index (χ0v) is 12.7. The molecule has 15 heavy (non-hydrogen) atoms. The molecule has 1 saturated carbocycles. The zero-order chi connectivity index (χ0) is 10.7. The normalized spacial score (nSPS) is 30.9. The van der Waals surface area contributed by atoms with Gasteiger partial charge in [0.05, 0.1) is 0 Å². The molecule has 0 radical (unpaired) electrons. The fourth-order valence-corrected chi connectivity index (χ4v) is 2.46. The molecule has 0 N–H and O–H groups in total. The van der Waals surface area contributed by atoms with E-state index in [2.05, 4.69) is 20.8 Å². The number of carbonyl (C=O) groups is 1. The summed E-state index contributed by atoms with van der Waals surface area (Å²) in [6.07, 6.45) is 3.69. The molecule has 3 heteroatoms. The van der Waals surface area contributed by atoms with E-state index in [4.69, 9.17) is 4.74 Å². The molecule has 0 aliphatic heterocycles. The molecule has 0 bridgehead atoms. The van der Waals surface area contributed by atoms with Gasteiger partial charge in [0.15, 0.2) is 0 Å². The van der Waals surface area contributed by atoms with Crippen molar-refractivity contribution in [1.29, 1.82) is 0 Å². The second kappa shape index (κ2) is 6.93. The molecule has 1 rings (SSSR count). The fraction of sp³-hybridized carbons (Fsp3) is 0.917. The molecule has 0 aromatic rings. The van der Waals surface area contributed by atoms with Crippen molar-refractivity contribution < 1.29 is 39.1 Å². The first-order valence-corrected chi connectivity index (χ1v) is 5.68. The standard InChI is InChI=1S/C12H22O2.Na/c1-8(2)11-6-5-9(3)7-12(11)14-10(4)13;/h8-9,11-12H,5-7H2,1-4H3;/q;+1. The van der Waals surface area contributed by atoms with Crippen LogP contribution >= 0.6 is 0 Å². The molecule has 3 atom stereocenters. The van der Waals surface area contributed by atoms with E-state index in [0.29, 0.717) is 17.8 Å². The molecule has 2 nitrogen and oxygen atoms in total. The van der Waals surface area contributed by atoms with Gasteiger partial charge in [0, 0.05) is 6.92 Å². The van der Waals surface area contributed by atoms with E-state index in [1.807, 2.05) is 0 Å². The summed E-state index contributed by atoms with van der Waals surface area (Å²) in [5, 5.41) is 0. The summed E-state index contributed by atoms with van der Waals surface area (Å²) in [4.78, 5) is 11.0. The third kappa shape index (κ3) is 4.88. The van der Waals surface area contributed by atoms with E-state index in [9.17, 15) is 4.79 Å². The van der Waals surface area contributed by atoms with E-state index in [-0.39, 0.29) is 41.6 Å². The molecular formula is C12H22NaO2+. The average Bonchev–Trinajstić information content (AvgIpc) is 2.01. The predicted molar refractivity (Wildman–Crippen MR) is 56.9 cm³/mol. The van der Waals surface area contributed by atoms with Crippen molar-refractivity contribution in [3.63, 3.8) is 0 Å². The van der Waals surface area contributed by atoms with Crippen LogP contribution in [0.1, 0.15) is 47.0 Å². The maximum absolute atomic E-state index is 11.0. The smallest absolute Gasteiger partial charge is 0.462 e. The largest absolute Gasteiger partial charge is 1.00 e. The van der Waals surface area contributed by atoms with E-state index < -0.39 is 0 Å². The van der Waals surface area contributed by atoms with Gasteiger partial charge < -0.3 is 4.74 Å². The van der Waals surface area contributed by atoms with Gasteiger partial charge in [-0.25, -0.2) is 0 Å². The monoisotopic (exact) mass is 221 g/mol. The van der Waals surface area contributed by atoms with Gasteiger partial charge in [-0.1, -0.05) is 27.2 Å². The van der Waals surface area contributed by atoms with Crippen molar-refractivity contribution in [3.8, 4) is 0 Å². The quantitative estimate of drug-likeness (QED) is 0.485. The summed E-state index contributed by atoms with van der Waals surface area (Å²) in [5.41, 5.74) is 0. The Morgan fingerprint density at radius 1 is 1.33 bits per heavy atom. The second-order valence-electron chi connectivity index (χ2n) is 4.97. The van der Waals surface area contributed by atoms with Crippen molar-refractivity contribution in [1.82, 2.24) is 0 Å². The van der Waals surface area contributed by atoms with Crippen LogP contribution in [0.2, 0.25) is 0 Å². The zero-order valence-electron chi connectivity index (χ0n) is 10.7. The van der Waals surface area contributed by atoms with Crippen LogP contribution in [0, 0.1) is 17.8 Å². The first-order valence-electron chi connectivity index (χ1n) is 5.68. The van der Waals surface area contributed by atoms with Gasteiger partial charge in [-0.15, -0.1) is 0 Å². The Balaban J connectivity index is 0.00000196. The number of hydrogen-bond donors (Lipinski definition) is 0. The molecule has 0 amide bonds. The predicted octanol–water partition coefficient (Wildman–Crippen LogP) is 0.0143. The van der Waals surface area contributed by atoms with Gasteiger partial charge in [-0.2, -0.15) is 0 Å². The fourth-order valence-electron chi connectivity index (χ4n) is 2.46. The Hall–Kier alpha value is 0.470. The van der Waals surface area contributed by atoms with Gasteiger partial charge in [-0.05, 0) is 30.6 Å². The van der Waals surface area contributed by atoms with Crippen LogP contribution in [0.15, 0.2) is 0 Å². The molecule has 3 unspecified atom stereocenters. The van der Waals surface area contributed by atoms with Crippen molar-refractivity contribution in [2.45, 2.75) is 53.1 Å². The Labute approximate surface area is 115 Å². The number of rotatable bonds is 2. The third-order valence-corrected chi connectivity index (χ3v) is 3.28. The van der Waals surface area contributed by atoms with Gasteiger partial charge in [0.25, 0.3) is 0 Å². The first kappa shape index (κ1) is 15.5. The molecule has 0 spiro atoms. The van der Waals surface area contributed by atoms with Gasteiger partial charge in [-0.3, -0.25) is 4.79 Å². The maximum atomic E-state index is 11.0. The van der Waals surface area contributed by atoms with Gasteiger partial charge in [0.2, 0.25) is 0 Å². The molecule has 0 heterocycles. The molecule has 1 fully saturated rings. The van der Waals surface area contributed by atoms with Crippen molar-refractivity contribution in [2.24, 2.45) is 17.8 Å². The summed E-state index contributed by atoms with van der Waals surface area (Å²) in [7, 11) is 0. The average molecular weight is 221 g/mol. The van der Waals surface area contributed by atoms with E-state index in [1.165, 1.54) is 19.8 Å². The Morgan fingerprint density at radius 3 is 2.40 bits per heavy atom. The van der Waals surface area contributed by atoms with Crippen LogP contribution in [0.5, 0.6) is 0 Å². The third-order valence-electron chi connectivity index (χ3n) is 3.28. The Morgan fingerprint density at radius 2 is 1.93 bits per heavy atom. The van der Waals surface area contributed by atoms with E-state index in [0.717, 1.165) is 6.42 Å². The van der Waals surface area contributed by atoms with Crippen LogP contribution in [0.4, 0.5) is 0 Å².